The highest BCUT2D eigenvalue weighted by Crippen LogP contribution is 2.33. The predicted octanol–water partition coefficient (Wildman–Crippen LogP) is 4.76. The Kier molecular flexibility index (Phi) is 8.72. The number of hydrogen-bond acceptors (Lipinski definition) is 4. The molecule has 0 unspecified atom stereocenters. The summed E-state index contributed by atoms with van der Waals surface area (Å²) in [6.45, 7) is 10.5. The van der Waals surface area contributed by atoms with Crippen LogP contribution in [-0.2, 0) is 0 Å². The van der Waals surface area contributed by atoms with Gasteiger partial charge in [0, 0.05) is 31.1 Å². The number of thiophene rings is 1. The van der Waals surface area contributed by atoms with Gasteiger partial charge in [-0.15, -0.1) is 36.2 Å². The molecule has 0 radical (unpaired) electrons. The Labute approximate surface area is 167 Å². The first kappa shape index (κ1) is 22.3. The van der Waals surface area contributed by atoms with E-state index in [1.165, 1.54) is 10.4 Å². The topological polar surface area (TPSA) is 24.5 Å². The van der Waals surface area contributed by atoms with Crippen LogP contribution in [0, 0.1) is 0 Å². The Morgan fingerprint density at radius 2 is 1.68 bits per heavy atom. The van der Waals surface area contributed by atoms with Gasteiger partial charge in [0.1, 0.15) is 11.4 Å². The summed E-state index contributed by atoms with van der Waals surface area (Å²) in [6.07, 6.45) is 0. The molecular formula is C19H28Cl2N2OS. The highest BCUT2D eigenvalue weighted by Gasteiger charge is 2.24. The largest absolute Gasteiger partial charge is 0.488 e. The van der Waals surface area contributed by atoms with Crippen molar-refractivity contribution in [2.45, 2.75) is 32.4 Å². The van der Waals surface area contributed by atoms with Gasteiger partial charge in [-0.05, 0) is 49.9 Å². The van der Waals surface area contributed by atoms with Crippen LogP contribution in [0.4, 0.5) is 0 Å². The fourth-order valence-electron chi connectivity index (χ4n) is 3.01. The first-order chi connectivity index (χ1) is 11.0. The SMILES string of the molecule is CC(C)(C)Oc1ccc([C@H](c2cccs2)N2CCNCC2)cc1.Cl.Cl. The van der Waals surface area contributed by atoms with Gasteiger partial charge in [-0.1, -0.05) is 18.2 Å². The van der Waals surface area contributed by atoms with Gasteiger partial charge in [0.25, 0.3) is 0 Å². The number of ether oxygens (including phenoxy) is 1. The molecule has 1 fully saturated rings. The molecule has 25 heavy (non-hydrogen) atoms. The van der Waals surface area contributed by atoms with Gasteiger partial charge in [-0.25, -0.2) is 0 Å². The second-order valence-corrected chi connectivity index (χ2v) is 7.97. The van der Waals surface area contributed by atoms with Gasteiger partial charge >= 0.3 is 0 Å². The molecule has 140 valence electrons. The first-order valence-electron chi connectivity index (χ1n) is 8.30. The number of nitrogens with zero attached hydrogens (tertiary/aromatic N) is 1. The summed E-state index contributed by atoms with van der Waals surface area (Å²) in [7, 11) is 0. The van der Waals surface area contributed by atoms with E-state index in [0.717, 1.165) is 31.9 Å². The van der Waals surface area contributed by atoms with Crippen molar-refractivity contribution in [1.29, 1.82) is 0 Å². The second-order valence-electron chi connectivity index (χ2n) is 6.99. The van der Waals surface area contributed by atoms with E-state index in [2.05, 4.69) is 72.8 Å². The van der Waals surface area contributed by atoms with E-state index >= 15 is 0 Å². The highest BCUT2D eigenvalue weighted by molar-refractivity contribution is 7.10. The molecule has 2 aromatic rings. The summed E-state index contributed by atoms with van der Waals surface area (Å²) in [5.74, 6) is 0.937. The Balaban J connectivity index is 0.00000156. The summed E-state index contributed by atoms with van der Waals surface area (Å²) >= 11 is 1.84. The van der Waals surface area contributed by atoms with Gasteiger partial charge in [-0.3, -0.25) is 4.90 Å². The van der Waals surface area contributed by atoms with Crippen molar-refractivity contribution in [3.63, 3.8) is 0 Å². The molecule has 1 aromatic carbocycles. The normalized spacial score (nSPS) is 16.4. The van der Waals surface area contributed by atoms with Crippen molar-refractivity contribution in [2.75, 3.05) is 26.2 Å². The van der Waals surface area contributed by atoms with E-state index in [1.54, 1.807) is 0 Å². The average molecular weight is 403 g/mol. The van der Waals surface area contributed by atoms with Gasteiger partial charge in [0.15, 0.2) is 0 Å². The zero-order valence-electron chi connectivity index (χ0n) is 15.0. The van der Waals surface area contributed by atoms with E-state index in [4.69, 9.17) is 4.74 Å². The molecule has 1 aliphatic rings. The molecule has 6 heteroatoms. The summed E-state index contributed by atoms with van der Waals surface area (Å²) in [5, 5.41) is 5.61. The summed E-state index contributed by atoms with van der Waals surface area (Å²) in [5.41, 5.74) is 1.18. The first-order valence-corrected chi connectivity index (χ1v) is 9.18. The van der Waals surface area contributed by atoms with Gasteiger partial charge in [0.2, 0.25) is 0 Å². The zero-order chi connectivity index (χ0) is 16.3. The van der Waals surface area contributed by atoms with Crippen molar-refractivity contribution >= 4 is 36.2 Å². The molecule has 0 bridgehead atoms. The fourth-order valence-corrected chi connectivity index (χ4v) is 3.90. The van der Waals surface area contributed by atoms with Crippen molar-refractivity contribution in [3.05, 3.63) is 52.2 Å². The Hall–Kier alpha value is -0.780. The lowest BCUT2D eigenvalue weighted by atomic mass is 10.0. The molecule has 1 N–H and O–H groups in total. The molecule has 0 amide bonds. The number of piperazine rings is 1. The predicted molar refractivity (Wildman–Crippen MR) is 112 cm³/mol. The van der Waals surface area contributed by atoms with Gasteiger partial charge in [0.05, 0.1) is 6.04 Å². The third-order valence-electron chi connectivity index (χ3n) is 3.95. The van der Waals surface area contributed by atoms with Crippen molar-refractivity contribution in [3.8, 4) is 5.75 Å². The van der Waals surface area contributed by atoms with Crippen LogP contribution in [0.2, 0.25) is 0 Å². The standard InChI is InChI=1S/C19H26N2OS.2ClH/c1-19(2,3)22-16-8-6-15(7-9-16)18(17-5-4-14-23-17)21-12-10-20-11-13-21;;/h4-9,14,18,20H,10-13H2,1-3H3;2*1H/t18-;;/m1../s1. The molecule has 3 rings (SSSR count). The smallest absolute Gasteiger partial charge is 0.120 e. The Morgan fingerprint density at radius 3 is 2.20 bits per heavy atom. The molecule has 0 spiro atoms. The van der Waals surface area contributed by atoms with Crippen molar-refractivity contribution < 1.29 is 4.74 Å². The number of benzene rings is 1. The molecule has 1 aliphatic heterocycles. The Bertz CT molecular complexity index is 605. The van der Waals surface area contributed by atoms with E-state index < -0.39 is 0 Å². The molecule has 1 saturated heterocycles. The maximum Gasteiger partial charge on any atom is 0.120 e. The van der Waals surface area contributed by atoms with E-state index in [9.17, 15) is 0 Å². The number of hydrogen-bond donors (Lipinski definition) is 1. The molecular weight excluding hydrogens is 375 g/mol. The summed E-state index contributed by atoms with van der Waals surface area (Å²) in [6, 6.07) is 13.4. The van der Waals surface area contributed by atoms with Gasteiger partial charge in [-0.2, -0.15) is 0 Å². The molecule has 0 aliphatic carbocycles. The summed E-state index contributed by atoms with van der Waals surface area (Å²) in [4.78, 5) is 3.98. The third kappa shape index (κ3) is 6.15. The molecule has 2 heterocycles. The lowest BCUT2D eigenvalue weighted by Crippen LogP contribution is -2.45. The average Bonchev–Trinajstić information content (AvgIpc) is 3.03. The molecule has 3 nitrogen and oxygen atoms in total. The minimum Gasteiger partial charge on any atom is -0.488 e. The minimum atomic E-state index is -0.160. The van der Waals surface area contributed by atoms with Crippen LogP contribution in [0.15, 0.2) is 41.8 Å². The van der Waals surface area contributed by atoms with Crippen LogP contribution in [0.3, 0.4) is 0 Å². The van der Waals surface area contributed by atoms with Crippen LogP contribution in [0.25, 0.3) is 0 Å². The third-order valence-corrected chi connectivity index (χ3v) is 4.87. The van der Waals surface area contributed by atoms with E-state index in [1.807, 2.05) is 11.3 Å². The van der Waals surface area contributed by atoms with Crippen LogP contribution in [0.1, 0.15) is 37.3 Å². The molecule has 0 saturated carbocycles. The van der Waals surface area contributed by atoms with E-state index in [-0.39, 0.29) is 30.4 Å². The highest BCUT2D eigenvalue weighted by atomic mass is 35.5. The van der Waals surface area contributed by atoms with Crippen LogP contribution >= 0.6 is 36.2 Å². The van der Waals surface area contributed by atoms with Crippen LogP contribution in [0.5, 0.6) is 5.75 Å². The Morgan fingerprint density at radius 1 is 1.04 bits per heavy atom. The molecule has 1 atom stereocenters. The monoisotopic (exact) mass is 402 g/mol. The quantitative estimate of drug-likeness (QED) is 0.797. The second kappa shape index (κ2) is 9.79. The fraction of sp³-hybridized carbons (Fsp3) is 0.474. The van der Waals surface area contributed by atoms with Crippen molar-refractivity contribution in [1.82, 2.24) is 10.2 Å². The number of nitrogens with one attached hydrogen (secondary N) is 1. The maximum absolute atomic E-state index is 5.95. The van der Waals surface area contributed by atoms with Crippen molar-refractivity contribution in [2.24, 2.45) is 0 Å². The maximum atomic E-state index is 5.95. The molecule has 1 aromatic heterocycles. The van der Waals surface area contributed by atoms with Gasteiger partial charge < -0.3 is 10.1 Å². The van der Waals surface area contributed by atoms with E-state index in [0.29, 0.717) is 6.04 Å². The summed E-state index contributed by atoms with van der Waals surface area (Å²) < 4.78 is 5.95. The zero-order valence-corrected chi connectivity index (χ0v) is 17.5. The lowest BCUT2D eigenvalue weighted by molar-refractivity contribution is 0.131. The lowest BCUT2D eigenvalue weighted by Gasteiger charge is -2.35. The number of rotatable bonds is 4. The minimum absolute atomic E-state index is 0. The van der Waals surface area contributed by atoms with Crippen LogP contribution < -0.4 is 10.1 Å². The number of halogens is 2. The van der Waals surface area contributed by atoms with Crippen LogP contribution in [-0.4, -0.2) is 36.7 Å².